The van der Waals surface area contributed by atoms with E-state index in [2.05, 4.69) is 37.1 Å². The Kier molecular flexibility index (Phi) is 4.44. The van der Waals surface area contributed by atoms with Crippen molar-refractivity contribution < 1.29 is 9.18 Å². The first-order chi connectivity index (χ1) is 11.6. The van der Waals surface area contributed by atoms with E-state index < -0.39 is 5.82 Å². The number of halogens is 2. The number of hydrogen-bond donors (Lipinski definition) is 3. The molecule has 3 atom stereocenters. The summed E-state index contributed by atoms with van der Waals surface area (Å²) in [4.78, 5) is 18.2. The highest BCUT2D eigenvalue weighted by Crippen LogP contribution is 2.37. The Morgan fingerprint density at radius 2 is 2.21 bits per heavy atom. The molecule has 3 N–H and O–H groups in total. The predicted octanol–water partition coefficient (Wildman–Crippen LogP) is 2.48. The number of rotatable bonds is 2. The topological polar surface area (TPSA) is 69.3 Å². The maximum atomic E-state index is 14.0. The number of carbonyl (C=O) groups is 1. The standard InChI is InChI=1S/C16H21BrFN5O/c17-15-13(18)12(4-6-19-15)20-16(24)23-7-5-11-10(8-23)14(22-21-11)9-2-1-3-9/h4,6,9-11,14,21-22H,1-3,5,7-8H2,(H,19,20,24). The lowest BCUT2D eigenvalue weighted by molar-refractivity contribution is 0.137. The van der Waals surface area contributed by atoms with E-state index in [4.69, 9.17) is 0 Å². The Morgan fingerprint density at radius 1 is 1.38 bits per heavy atom. The van der Waals surface area contributed by atoms with Gasteiger partial charge in [-0.1, -0.05) is 6.42 Å². The molecular formula is C16H21BrFN5O. The van der Waals surface area contributed by atoms with Gasteiger partial charge in [0.05, 0.1) is 5.69 Å². The van der Waals surface area contributed by atoms with E-state index in [0.29, 0.717) is 37.0 Å². The summed E-state index contributed by atoms with van der Waals surface area (Å²) in [6.45, 7) is 1.37. The van der Waals surface area contributed by atoms with Crippen LogP contribution in [0.5, 0.6) is 0 Å². The molecule has 8 heteroatoms. The second kappa shape index (κ2) is 6.57. The molecule has 0 bridgehead atoms. The Balaban J connectivity index is 1.42. The number of likely N-dealkylation sites (tertiary alicyclic amines) is 1. The molecule has 3 aliphatic rings. The van der Waals surface area contributed by atoms with Crippen LogP contribution < -0.4 is 16.2 Å². The minimum Gasteiger partial charge on any atom is -0.324 e. The van der Waals surface area contributed by atoms with Crippen LogP contribution in [0.3, 0.4) is 0 Å². The normalized spacial score (nSPS) is 29.9. The summed E-state index contributed by atoms with van der Waals surface area (Å²) in [5.74, 6) is 0.588. The van der Waals surface area contributed by atoms with Gasteiger partial charge < -0.3 is 10.2 Å². The van der Waals surface area contributed by atoms with Gasteiger partial charge in [0.25, 0.3) is 0 Å². The highest BCUT2D eigenvalue weighted by Gasteiger charge is 2.45. The molecule has 3 unspecified atom stereocenters. The summed E-state index contributed by atoms with van der Waals surface area (Å²) >= 11 is 3.04. The molecule has 0 aromatic carbocycles. The molecule has 2 saturated heterocycles. The van der Waals surface area contributed by atoms with E-state index in [1.54, 1.807) is 4.90 Å². The SMILES string of the molecule is O=C(Nc1ccnc(Br)c1F)N1CCC2NNC(C3CCC3)C2C1. The lowest BCUT2D eigenvalue weighted by atomic mass is 9.73. The zero-order valence-electron chi connectivity index (χ0n) is 13.3. The summed E-state index contributed by atoms with van der Waals surface area (Å²) in [6.07, 6.45) is 6.22. The molecule has 2 amide bonds. The molecule has 0 radical (unpaired) electrons. The number of aromatic nitrogens is 1. The fourth-order valence-corrected chi connectivity index (χ4v) is 4.33. The van der Waals surface area contributed by atoms with Gasteiger partial charge in [0.2, 0.25) is 0 Å². The highest BCUT2D eigenvalue weighted by molar-refractivity contribution is 9.10. The summed E-state index contributed by atoms with van der Waals surface area (Å²) in [7, 11) is 0. The van der Waals surface area contributed by atoms with Gasteiger partial charge in [-0.2, -0.15) is 0 Å². The Hall–Kier alpha value is -1.25. The van der Waals surface area contributed by atoms with Gasteiger partial charge in [-0.3, -0.25) is 10.9 Å². The van der Waals surface area contributed by atoms with Gasteiger partial charge in [-0.15, -0.1) is 0 Å². The minimum atomic E-state index is -0.544. The van der Waals surface area contributed by atoms with Crippen LogP contribution in [0.2, 0.25) is 0 Å². The fourth-order valence-electron chi connectivity index (χ4n) is 4.00. The number of nitrogens with one attached hydrogen (secondary N) is 3. The van der Waals surface area contributed by atoms with Gasteiger partial charge in [-0.25, -0.2) is 14.2 Å². The zero-order chi connectivity index (χ0) is 16.7. The van der Waals surface area contributed by atoms with Crippen molar-refractivity contribution in [3.05, 3.63) is 22.7 Å². The molecular weight excluding hydrogens is 377 g/mol. The van der Waals surface area contributed by atoms with Crippen LogP contribution in [0, 0.1) is 17.7 Å². The molecule has 6 nitrogen and oxygen atoms in total. The van der Waals surface area contributed by atoms with Crippen LogP contribution in [0.25, 0.3) is 0 Å². The Morgan fingerprint density at radius 3 is 2.96 bits per heavy atom. The fraction of sp³-hybridized carbons (Fsp3) is 0.625. The van der Waals surface area contributed by atoms with Crippen molar-refractivity contribution in [1.82, 2.24) is 20.7 Å². The lowest BCUT2D eigenvalue weighted by Crippen LogP contribution is -2.51. The van der Waals surface area contributed by atoms with Crippen molar-refractivity contribution in [3.8, 4) is 0 Å². The molecule has 24 heavy (non-hydrogen) atoms. The van der Waals surface area contributed by atoms with E-state index in [1.165, 1.54) is 31.5 Å². The quantitative estimate of drug-likeness (QED) is 0.670. The first kappa shape index (κ1) is 16.2. The highest BCUT2D eigenvalue weighted by atomic mass is 79.9. The smallest absolute Gasteiger partial charge is 0.321 e. The molecule has 1 aromatic heterocycles. The average molecular weight is 398 g/mol. The Labute approximate surface area is 148 Å². The van der Waals surface area contributed by atoms with Crippen molar-refractivity contribution >= 4 is 27.6 Å². The number of urea groups is 1. The summed E-state index contributed by atoms with van der Waals surface area (Å²) < 4.78 is 14.1. The maximum absolute atomic E-state index is 14.0. The summed E-state index contributed by atoms with van der Waals surface area (Å²) in [6, 6.07) is 2.09. The lowest BCUT2D eigenvalue weighted by Gasteiger charge is -2.40. The van der Waals surface area contributed by atoms with Crippen molar-refractivity contribution in [1.29, 1.82) is 0 Å². The molecule has 0 spiro atoms. The van der Waals surface area contributed by atoms with E-state index in [1.807, 2.05) is 0 Å². The van der Waals surface area contributed by atoms with E-state index in [-0.39, 0.29) is 16.3 Å². The van der Waals surface area contributed by atoms with Gasteiger partial charge in [0, 0.05) is 37.3 Å². The average Bonchev–Trinajstić information content (AvgIpc) is 2.93. The number of pyridine rings is 1. The van der Waals surface area contributed by atoms with Gasteiger partial charge in [0.15, 0.2) is 5.82 Å². The number of hydrogen-bond acceptors (Lipinski definition) is 4. The van der Waals surface area contributed by atoms with E-state index in [9.17, 15) is 9.18 Å². The van der Waals surface area contributed by atoms with E-state index >= 15 is 0 Å². The maximum Gasteiger partial charge on any atom is 0.321 e. The van der Waals surface area contributed by atoms with Crippen LogP contribution in [0.4, 0.5) is 14.9 Å². The van der Waals surface area contributed by atoms with Crippen LogP contribution >= 0.6 is 15.9 Å². The van der Waals surface area contributed by atoms with Gasteiger partial charge >= 0.3 is 6.03 Å². The number of piperidine rings is 1. The number of carbonyl (C=O) groups excluding carboxylic acids is 1. The third-order valence-corrected chi connectivity index (χ3v) is 6.14. The minimum absolute atomic E-state index is 0.105. The first-order valence-electron chi connectivity index (χ1n) is 8.50. The van der Waals surface area contributed by atoms with Gasteiger partial charge in [-0.05, 0) is 47.2 Å². The molecule has 3 heterocycles. The van der Waals surface area contributed by atoms with Crippen LogP contribution in [0.1, 0.15) is 25.7 Å². The molecule has 1 saturated carbocycles. The van der Waals surface area contributed by atoms with Crippen LogP contribution in [0.15, 0.2) is 16.9 Å². The number of nitrogens with zero attached hydrogens (tertiary/aromatic N) is 2. The molecule has 130 valence electrons. The van der Waals surface area contributed by atoms with Crippen molar-refractivity contribution in [2.45, 2.75) is 37.8 Å². The second-order valence-corrected chi connectivity index (χ2v) is 7.66. The predicted molar refractivity (Wildman–Crippen MR) is 91.8 cm³/mol. The monoisotopic (exact) mass is 397 g/mol. The zero-order valence-corrected chi connectivity index (χ0v) is 14.9. The van der Waals surface area contributed by atoms with Crippen molar-refractivity contribution in [2.24, 2.45) is 11.8 Å². The molecule has 3 fully saturated rings. The third-order valence-electron chi connectivity index (χ3n) is 5.59. The first-order valence-corrected chi connectivity index (χ1v) is 9.30. The van der Waals surface area contributed by atoms with Crippen molar-refractivity contribution in [3.63, 3.8) is 0 Å². The third kappa shape index (κ3) is 2.91. The molecule has 2 aliphatic heterocycles. The molecule has 1 aliphatic carbocycles. The summed E-state index contributed by atoms with van der Waals surface area (Å²) in [5.41, 5.74) is 7.00. The molecule has 1 aromatic rings. The summed E-state index contributed by atoms with van der Waals surface area (Å²) in [5, 5.41) is 2.67. The van der Waals surface area contributed by atoms with Gasteiger partial charge in [0.1, 0.15) is 4.60 Å². The Bertz CT molecular complexity index is 641. The largest absolute Gasteiger partial charge is 0.324 e. The number of anilines is 1. The van der Waals surface area contributed by atoms with Crippen LogP contribution in [-0.4, -0.2) is 41.1 Å². The number of amides is 2. The number of hydrazine groups is 1. The van der Waals surface area contributed by atoms with Crippen molar-refractivity contribution in [2.75, 3.05) is 18.4 Å². The van der Waals surface area contributed by atoms with Crippen LogP contribution in [-0.2, 0) is 0 Å². The second-order valence-electron chi connectivity index (χ2n) is 6.90. The number of fused-ring (bicyclic) bond motifs is 1. The van der Waals surface area contributed by atoms with E-state index in [0.717, 1.165) is 6.42 Å². The molecule has 4 rings (SSSR count).